The van der Waals surface area contributed by atoms with Gasteiger partial charge in [0.1, 0.15) is 12.0 Å². The Hall–Kier alpha value is -2.61. The summed E-state index contributed by atoms with van der Waals surface area (Å²) in [7, 11) is 0. The molecular formula is C17H10NO. The molecule has 0 fully saturated rings. The van der Waals surface area contributed by atoms with E-state index >= 15 is 0 Å². The van der Waals surface area contributed by atoms with Crippen LogP contribution in [-0.4, -0.2) is 5.16 Å². The Balaban J connectivity index is 2.00. The van der Waals surface area contributed by atoms with Crippen molar-refractivity contribution in [1.82, 2.24) is 5.16 Å². The van der Waals surface area contributed by atoms with E-state index in [4.69, 9.17) is 4.52 Å². The largest absolute Gasteiger partial charge is 0.364 e. The second kappa shape index (κ2) is 3.95. The van der Waals surface area contributed by atoms with E-state index in [9.17, 15) is 0 Å². The molecule has 0 bridgehead atoms. The highest BCUT2D eigenvalue weighted by Gasteiger charge is 2.04. The van der Waals surface area contributed by atoms with E-state index < -0.39 is 0 Å². The minimum absolute atomic E-state index is 0.815. The summed E-state index contributed by atoms with van der Waals surface area (Å²) in [6.07, 6.45) is 1.58. The lowest BCUT2D eigenvalue weighted by Crippen LogP contribution is -1.80. The van der Waals surface area contributed by atoms with Crippen molar-refractivity contribution in [1.29, 1.82) is 0 Å². The van der Waals surface area contributed by atoms with Crippen LogP contribution >= 0.6 is 0 Å². The average Bonchev–Trinajstić information content (AvgIpc) is 2.98. The van der Waals surface area contributed by atoms with Crippen LogP contribution in [0.3, 0.4) is 0 Å². The van der Waals surface area contributed by atoms with Crippen molar-refractivity contribution in [3.05, 3.63) is 66.9 Å². The Bertz CT molecular complexity index is 863. The van der Waals surface area contributed by atoms with Gasteiger partial charge < -0.3 is 4.52 Å². The number of benzene rings is 3. The van der Waals surface area contributed by atoms with Crippen molar-refractivity contribution in [2.75, 3.05) is 0 Å². The zero-order valence-corrected chi connectivity index (χ0v) is 10.1. The molecule has 0 N–H and O–H groups in total. The van der Waals surface area contributed by atoms with E-state index in [1.807, 2.05) is 12.1 Å². The van der Waals surface area contributed by atoms with Crippen LogP contribution in [0.25, 0.3) is 32.8 Å². The fourth-order valence-electron chi connectivity index (χ4n) is 2.36. The number of fused-ring (bicyclic) bond motifs is 2. The van der Waals surface area contributed by atoms with E-state index in [1.54, 1.807) is 6.26 Å². The predicted octanol–water partition coefficient (Wildman–Crippen LogP) is 4.45. The average molecular weight is 244 g/mol. The highest BCUT2D eigenvalue weighted by atomic mass is 16.5. The van der Waals surface area contributed by atoms with E-state index in [0.29, 0.717) is 0 Å². The van der Waals surface area contributed by atoms with Gasteiger partial charge in [0, 0.05) is 17.7 Å². The third-order valence-electron chi connectivity index (χ3n) is 3.33. The van der Waals surface area contributed by atoms with Crippen molar-refractivity contribution in [2.24, 2.45) is 0 Å². The third kappa shape index (κ3) is 1.69. The lowest BCUT2D eigenvalue weighted by atomic mass is 10.0. The maximum Gasteiger partial charge on any atom is 0.124 e. The number of nitrogens with zero attached hydrogens (tertiary/aromatic N) is 1. The first-order valence-corrected chi connectivity index (χ1v) is 6.16. The number of hydrogen-bond acceptors (Lipinski definition) is 2. The van der Waals surface area contributed by atoms with Crippen molar-refractivity contribution >= 4 is 21.5 Å². The Kier molecular flexibility index (Phi) is 2.15. The second-order valence-corrected chi connectivity index (χ2v) is 4.54. The molecule has 0 aliphatic rings. The zero-order chi connectivity index (χ0) is 12.7. The molecule has 4 aromatic rings. The monoisotopic (exact) mass is 244 g/mol. The molecule has 1 aromatic heterocycles. The van der Waals surface area contributed by atoms with Crippen LogP contribution in [0.15, 0.2) is 65.4 Å². The van der Waals surface area contributed by atoms with E-state index in [-0.39, 0.29) is 0 Å². The molecule has 89 valence electrons. The first-order valence-electron chi connectivity index (χ1n) is 6.16. The van der Waals surface area contributed by atoms with Gasteiger partial charge in [-0.25, -0.2) is 0 Å². The molecule has 0 spiro atoms. The Labute approximate surface area is 110 Å². The highest BCUT2D eigenvalue weighted by molar-refractivity contribution is 5.99. The quantitative estimate of drug-likeness (QED) is 0.462. The van der Waals surface area contributed by atoms with Crippen molar-refractivity contribution in [2.45, 2.75) is 0 Å². The highest BCUT2D eigenvalue weighted by Crippen LogP contribution is 2.26. The molecule has 0 saturated heterocycles. The van der Waals surface area contributed by atoms with Crippen LogP contribution in [0, 0.1) is 6.07 Å². The van der Waals surface area contributed by atoms with Gasteiger partial charge in [-0.2, -0.15) is 0 Å². The van der Waals surface area contributed by atoms with E-state index in [0.717, 1.165) is 16.6 Å². The summed E-state index contributed by atoms with van der Waals surface area (Å²) in [5, 5.41) is 8.71. The molecule has 2 heteroatoms. The smallest absolute Gasteiger partial charge is 0.124 e. The van der Waals surface area contributed by atoms with Crippen LogP contribution < -0.4 is 0 Å². The van der Waals surface area contributed by atoms with E-state index in [2.05, 4.69) is 53.7 Å². The minimum atomic E-state index is 0.815. The summed E-state index contributed by atoms with van der Waals surface area (Å²) < 4.78 is 4.88. The molecule has 19 heavy (non-hydrogen) atoms. The van der Waals surface area contributed by atoms with Gasteiger partial charge in [0.05, 0.1) is 0 Å². The van der Waals surface area contributed by atoms with Crippen LogP contribution in [0.1, 0.15) is 0 Å². The summed E-state index contributed by atoms with van der Waals surface area (Å²) in [5.41, 5.74) is 1.77. The molecule has 1 heterocycles. The van der Waals surface area contributed by atoms with Crippen LogP contribution in [0.2, 0.25) is 0 Å². The third-order valence-corrected chi connectivity index (χ3v) is 3.33. The van der Waals surface area contributed by atoms with Gasteiger partial charge in [-0.15, -0.1) is 0 Å². The Morgan fingerprint density at radius 3 is 2.47 bits per heavy atom. The molecule has 0 amide bonds. The molecule has 0 unspecified atom stereocenters. The van der Waals surface area contributed by atoms with Gasteiger partial charge in [0.15, 0.2) is 0 Å². The topological polar surface area (TPSA) is 26.0 Å². The molecule has 2 nitrogen and oxygen atoms in total. The predicted molar refractivity (Wildman–Crippen MR) is 75.8 cm³/mol. The molecule has 4 rings (SSSR count). The normalized spacial score (nSPS) is 11.2. The minimum Gasteiger partial charge on any atom is -0.364 e. The molecule has 0 saturated carbocycles. The maximum atomic E-state index is 4.88. The molecule has 1 radical (unpaired) electrons. The van der Waals surface area contributed by atoms with Crippen LogP contribution in [0.4, 0.5) is 0 Å². The van der Waals surface area contributed by atoms with Gasteiger partial charge in [-0.05, 0) is 33.7 Å². The fraction of sp³-hybridized carbons (Fsp3) is 0. The first-order chi connectivity index (χ1) is 9.40. The van der Waals surface area contributed by atoms with Gasteiger partial charge in [0.2, 0.25) is 0 Å². The first kappa shape index (κ1) is 10.3. The van der Waals surface area contributed by atoms with Gasteiger partial charge in [-0.1, -0.05) is 41.6 Å². The standard InChI is InChI=1S/C17H10NO/c1-2-4-13-10-16-11-15(17-7-8-19-18-17)6-5-14(16)9-12(13)3-1/h1-10H. The van der Waals surface area contributed by atoms with Crippen LogP contribution in [-0.2, 0) is 0 Å². The van der Waals surface area contributed by atoms with E-state index in [1.165, 1.54) is 16.2 Å². The summed E-state index contributed by atoms with van der Waals surface area (Å²) in [4.78, 5) is 0. The molecule has 0 aliphatic heterocycles. The fourth-order valence-corrected chi connectivity index (χ4v) is 2.36. The molecule has 3 aromatic carbocycles. The van der Waals surface area contributed by atoms with Crippen molar-refractivity contribution < 1.29 is 4.52 Å². The van der Waals surface area contributed by atoms with Crippen molar-refractivity contribution in [3.8, 4) is 11.3 Å². The van der Waals surface area contributed by atoms with Gasteiger partial charge in [-0.3, -0.25) is 0 Å². The van der Waals surface area contributed by atoms with Gasteiger partial charge >= 0.3 is 0 Å². The number of aromatic nitrogens is 1. The summed E-state index contributed by atoms with van der Waals surface area (Å²) >= 11 is 0. The van der Waals surface area contributed by atoms with Crippen molar-refractivity contribution in [3.63, 3.8) is 0 Å². The summed E-state index contributed by atoms with van der Waals surface area (Å²) in [6.45, 7) is 0. The molecule has 0 atom stereocenters. The lowest BCUT2D eigenvalue weighted by Gasteiger charge is -2.03. The Morgan fingerprint density at radius 2 is 1.68 bits per heavy atom. The zero-order valence-electron chi connectivity index (χ0n) is 10.1. The summed E-state index contributed by atoms with van der Waals surface area (Å²) in [6, 6.07) is 22.1. The Morgan fingerprint density at radius 1 is 0.842 bits per heavy atom. The number of rotatable bonds is 1. The van der Waals surface area contributed by atoms with Crippen LogP contribution in [0.5, 0.6) is 0 Å². The molecular weight excluding hydrogens is 234 g/mol. The second-order valence-electron chi connectivity index (χ2n) is 4.54. The SMILES string of the molecule is [c]1c(-c2ccon2)ccc2cc3ccccc3cc12. The number of hydrogen-bond donors (Lipinski definition) is 0. The summed E-state index contributed by atoms with van der Waals surface area (Å²) in [5.74, 6) is 0. The lowest BCUT2D eigenvalue weighted by molar-refractivity contribution is 0.422. The maximum absolute atomic E-state index is 4.88. The molecule has 0 aliphatic carbocycles. The van der Waals surface area contributed by atoms with Gasteiger partial charge in [0.25, 0.3) is 0 Å².